The molecule has 0 saturated heterocycles. The van der Waals surface area contributed by atoms with Gasteiger partial charge in [0.25, 0.3) is 5.91 Å². The summed E-state index contributed by atoms with van der Waals surface area (Å²) in [6, 6.07) is 5.66. The number of sulfonamides is 1. The quantitative estimate of drug-likeness (QED) is 0.319. The van der Waals surface area contributed by atoms with Gasteiger partial charge in [-0.2, -0.15) is 0 Å². The van der Waals surface area contributed by atoms with Gasteiger partial charge in [0.05, 0.1) is 17.2 Å². The molecule has 0 aromatic heterocycles. The van der Waals surface area contributed by atoms with Crippen molar-refractivity contribution >= 4 is 33.2 Å². The Morgan fingerprint density at radius 2 is 1.74 bits per heavy atom. The minimum atomic E-state index is -3.74. The molecule has 0 spiro atoms. The molecule has 1 aromatic carbocycles. The Hall–Kier alpha value is -2.35. The zero-order valence-corrected chi connectivity index (χ0v) is 24.5. The third kappa shape index (κ3) is 8.82. The van der Waals surface area contributed by atoms with E-state index in [9.17, 15) is 13.2 Å². The molecule has 0 saturated carbocycles. The van der Waals surface area contributed by atoms with Crippen LogP contribution in [0.15, 0.2) is 65.8 Å². The lowest BCUT2D eigenvalue weighted by Gasteiger charge is -2.28. The van der Waals surface area contributed by atoms with Gasteiger partial charge in [-0.25, -0.2) is 13.1 Å². The van der Waals surface area contributed by atoms with Crippen LogP contribution < -0.4 is 9.62 Å². The van der Waals surface area contributed by atoms with Gasteiger partial charge in [-0.05, 0) is 87.5 Å². The van der Waals surface area contributed by atoms with Crippen LogP contribution in [0.4, 0.5) is 5.69 Å². The van der Waals surface area contributed by atoms with Crippen molar-refractivity contribution in [1.29, 1.82) is 0 Å². The van der Waals surface area contributed by atoms with E-state index >= 15 is 0 Å². The molecule has 1 amide bonds. The highest BCUT2D eigenvalue weighted by Crippen LogP contribution is 2.33. The number of ether oxygens (including phenoxy) is 1. The molecule has 0 radical (unpaired) electrons. The van der Waals surface area contributed by atoms with Gasteiger partial charge in [0.2, 0.25) is 10.0 Å². The molecule has 0 fully saturated rings. The van der Waals surface area contributed by atoms with Gasteiger partial charge in [0.1, 0.15) is 0 Å². The van der Waals surface area contributed by atoms with Crippen LogP contribution in [0.1, 0.15) is 73.7 Å². The second-order valence-electron chi connectivity index (χ2n) is 10.6. The summed E-state index contributed by atoms with van der Waals surface area (Å²) in [5, 5.41) is 0.0703. The fourth-order valence-corrected chi connectivity index (χ4v) is 6.80. The van der Waals surface area contributed by atoms with Crippen LogP contribution in [0.3, 0.4) is 0 Å². The molecular formula is C31H41ClN2O4S. The van der Waals surface area contributed by atoms with E-state index in [2.05, 4.69) is 33.9 Å². The number of amides is 1. The van der Waals surface area contributed by atoms with E-state index in [1.807, 2.05) is 24.3 Å². The van der Waals surface area contributed by atoms with Gasteiger partial charge in [-0.15, -0.1) is 11.6 Å². The average Bonchev–Trinajstić information content (AvgIpc) is 2.94. The van der Waals surface area contributed by atoms with Crippen molar-refractivity contribution in [3.8, 4) is 0 Å². The van der Waals surface area contributed by atoms with Gasteiger partial charge in [0, 0.05) is 31.5 Å². The number of aryl methyl sites for hydroxylation is 1. The lowest BCUT2D eigenvalue weighted by molar-refractivity contribution is 0.0981. The Balaban J connectivity index is 1.64. The molecule has 1 aromatic rings. The molecule has 2 heterocycles. The first-order chi connectivity index (χ1) is 18.8. The molecule has 2 bridgehead atoms. The molecule has 1 aliphatic carbocycles. The van der Waals surface area contributed by atoms with Crippen LogP contribution in [0, 0.1) is 0 Å². The summed E-state index contributed by atoms with van der Waals surface area (Å²) in [5.41, 5.74) is 5.44. The van der Waals surface area contributed by atoms with Gasteiger partial charge in [-0.1, -0.05) is 48.1 Å². The van der Waals surface area contributed by atoms with E-state index < -0.39 is 15.9 Å². The predicted octanol–water partition coefficient (Wildman–Crippen LogP) is 6.23. The number of nitrogens with one attached hydrogen (secondary N) is 1. The molecule has 6 nitrogen and oxygen atoms in total. The van der Waals surface area contributed by atoms with Crippen molar-refractivity contribution in [2.75, 3.05) is 30.9 Å². The first-order valence-corrected chi connectivity index (χ1v) is 16.3. The highest BCUT2D eigenvalue weighted by atomic mass is 35.5. The number of alkyl halides is 1. The molecule has 3 aliphatic rings. The van der Waals surface area contributed by atoms with Crippen LogP contribution in [-0.2, 0) is 21.2 Å². The van der Waals surface area contributed by atoms with Crippen molar-refractivity contribution < 1.29 is 17.9 Å². The number of allylic oxidation sites excluding steroid dienone is 6. The maximum Gasteiger partial charge on any atom is 0.264 e. The third-order valence-corrected chi connectivity index (χ3v) is 9.29. The Bertz CT molecular complexity index is 1230. The van der Waals surface area contributed by atoms with Crippen LogP contribution in [0.2, 0.25) is 0 Å². The topological polar surface area (TPSA) is 75.7 Å². The molecule has 8 heteroatoms. The van der Waals surface area contributed by atoms with Gasteiger partial charge < -0.3 is 9.64 Å². The highest BCUT2D eigenvalue weighted by molar-refractivity contribution is 7.90. The number of fused-ring (bicyclic) bond motifs is 1. The molecule has 1 N–H and O–H groups in total. The number of rotatable bonds is 1. The molecule has 2 aliphatic heterocycles. The molecule has 39 heavy (non-hydrogen) atoms. The zero-order chi connectivity index (χ0) is 27.7. The van der Waals surface area contributed by atoms with Gasteiger partial charge in [0.15, 0.2) is 0 Å². The summed E-state index contributed by atoms with van der Waals surface area (Å²) < 4.78 is 33.1. The predicted molar refractivity (Wildman–Crippen MR) is 160 cm³/mol. The largest absolute Gasteiger partial charge is 0.373 e. The van der Waals surface area contributed by atoms with E-state index in [1.54, 1.807) is 13.2 Å². The molecule has 2 unspecified atom stereocenters. The maximum absolute atomic E-state index is 13.1. The van der Waals surface area contributed by atoms with Gasteiger partial charge >= 0.3 is 0 Å². The fraction of sp³-hybridized carbons (Fsp3) is 0.516. The number of carbonyl (C=O) groups excluding carboxylic acids is 1. The van der Waals surface area contributed by atoms with E-state index in [-0.39, 0.29) is 17.2 Å². The van der Waals surface area contributed by atoms with Crippen molar-refractivity contribution in [2.45, 2.75) is 75.7 Å². The lowest BCUT2D eigenvalue weighted by Crippen LogP contribution is -2.33. The number of hydrogen-bond donors (Lipinski definition) is 1. The van der Waals surface area contributed by atoms with Crippen LogP contribution >= 0.6 is 11.6 Å². The first-order valence-electron chi connectivity index (χ1n) is 14.2. The number of nitrogens with zero attached hydrogens (tertiary/aromatic N) is 1. The molecular weight excluding hydrogens is 532 g/mol. The fourth-order valence-electron chi connectivity index (χ4n) is 5.49. The Labute approximate surface area is 238 Å². The van der Waals surface area contributed by atoms with Crippen molar-refractivity contribution in [3.05, 3.63) is 76.9 Å². The summed E-state index contributed by atoms with van der Waals surface area (Å²) in [6.07, 6.45) is 21.0. The summed E-state index contributed by atoms with van der Waals surface area (Å²) in [6.45, 7) is 1.73. The standard InChI is InChI=1S/C31H41ClN2O4S/c1-38-29-11-4-2-7-19-34-20-8-6-10-26-22-28(32)18-17-24(26)13-14-25-15-16-27(23-30(25)34)31(35)33-39(36,37)21-9-3-5-12-29/h4-5,11-12,15-18,23,28-29H,2-3,6-10,13-14,19-22H2,1H3,(H,33,35)/b11-4+,12-5+. The van der Waals surface area contributed by atoms with Crippen LogP contribution in [0.25, 0.3) is 0 Å². The third-order valence-electron chi connectivity index (χ3n) is 7.66. The Morgan fingerprint density at radius 1 is 0.974 bits per heavy atom. The summed E-state index contributed by atoms with van der Waals surface area (Å²) in [7, 11) is -2.07. The van der Waals surface area contributed by atoms with Gasteiger partial charge in [-0.3, -0.25) is 4.79 Å². The van der Waals surface area contributed by atoms with Crippen LogP contribution in [-0.4, -0.2) is 51.8 Å². The zero-order valence-electron chi connectivity index (χ0n) is 22.9. The van der Waals surface area contributed by atoms with E-state index in [0.29, 0.717) is 18.4 Å². The molecule has 212 valence electrons. The number of halogens is 1. The van der Waals surface area contributed by atoms with E-state index in [0.717, 1.165) is 70.1 Å². The highest BCUT2D eigenvalue weighted by Gasteiger charge is 2.21. The summed E-state index contributed by atoms with van der Waals surface area (Å²) in [4.78, 5) is 15.5. The molecule has 2 atom stereocenters. The smallest absolute Gasteiger partial charge is 0.264 e. The van der Waals surface area contributed by atoms with Crippen molar-refractivity contribution in [2.24, 2.45) is 0 Å². The number of hydrogen-bond acceptors (Lipinski definition) is 5. The van der Waals surface area contributed by atoms with Crippen molar-refractivity contribution in [3.63, 3.8) is 0 Å². The summed E-state index contributed by atoms with van der Waals surface area (Å²) >= 11 is 6.45. The molecule has 4 rings (SSSR count). The number of anilines is 1. The summed E-state index contributed by atoms with van der Waals surface area (Å²) in [5.74, 6) is -0.679. The number of methoxy groups -OCH3 is 1. The normalized spacial score (nSPS) is 26.8. The number of benzene rings is 1. The first kappa shape index (κ1) is 29.6. The monoisotopic (exact) mass is 572 g/mol. The second-order valence-corrected chi connectivity index (χ2v) is 13.0. The van der Waals surface area contributed by atoms with E-state index in [4.69, 9.17) is 16.3 Å². The number of carbonyl (C=O) groups is 1. The SMILES string of the molecule is COC1/C=C/CCCN2CCCCC3=C(C=CC(Cl)C3)CCc3ccc(cc32)C(=O)NS(=O)(=O)CCC/C=C/1. The van der Waals surface area contributed by atoms with Crippen molar-refractivity contribution in [1.82, 2.24) is 4.72 Å². The average molecular weight is 573 g/mol. The van der Waals surface area contributed by atoms with Crippen LogP contribution in [0.5, 0.6) is 0 Å². The minimum absolute atomic E-state index is 0.0703. The minimum Gasteiger partial charge on any atom is -0.373 e. The maximum atomic E-state index is 13.1. The second kappa shape index (κ2) is 14.3. The Morgan fingerprint density at radius 3 is 2.54 bits per heavy atom. The Kier molecular flexibility index (Phi) is 10.9. The van der Waals surface area contributed by atoms with E-state index in [1.165, 1.54) is 16.7 Å². The lowest BCUT2D eigenvalue weighted by atomic mass is 9.89.